The number of hydrogen-bond acceptors (Lipinski definition) is 3. The summed E-state index contributed by atoms with van der Waals surface area (Å²) in [4.78, 5) is 0. The van der Waals surface area contributed by atoms with Crippen LogP contribution in [-0.4, -0.2) is 17.5 Å². The van der Waals surface area contributed by atoms with E-state index < -0.39 is 0 Å². The van der Waals surface area contributed by atoms with Crippen molar-refractivity contribution in [3.05, 3.63) is 34.1 Å². The Morgan fingerprint density at radius 3 is 2.88 bits per heavy atom. The van der Waals surface area contributed by atoms with E-state index in [1.54, 1.807) is 6.07 Å². The van der Waals surface area contributed by atoms with Crippen LogP contribution in [0, 0.1) is 5.82 Å². The highest BCUT2D eigenvalue weighted by Crippen LogP contribution is 2.20. The van der Waals surface area contributed by atoms with E-state index in [1.807, 2.05) is 11.8 Å². The molecule has 1 aromatic carbocycles. The van der Waals surface area contributed by atoms with Crippen molar-refractivity contribution in [3.63, 3.8) is 0 Å². The van der Waals surface area contributed by atoms with Crippen LogP contribution in [0.4, 0.5) is 4.39 Å². The highest BCUT2D eigenvalue weighted by atomic mass is 79.9. The predicted octanol–water partition coefficient (Wildman–Crippen LogP) is 3.11. The second kappa shape index (κ2) is 8.08. The van der Waals surface area contributed by atoms with Gasteiger partial charge in [0.15, 0.2) is 0 Å². The van der Waals surface area contributed by atoms with E-state index in [-0.39, 0.29) is 11.9 Å². The van der Waals surface area contributed by atoms with Gasteiger partial charge in [0.2, 0.25) is 0 Å². The molecule has 0 aliphatic carbocycles. The van der Waals surface area contributed by atoms with Crippen molar-refractivity contribution in [2.45, 2.75) is 25.8 Å². The number of nitrogens with one attached hydrogen (secondary N) is 1. The third kappa shape index (κ3) is 5.38. The molecule has 5 heteroatoms. The Morgan fingerprint density at radius 1 is 1.53 bits per heavy atom. The van der Waals surface area contributed by atoms with Crippen LogP contribution >= 0.6 is 27.7 Å². The smallest absolute Gasteiger partial charge is 0.124 e. The standard InChI is InChI=1S/C12H18BrFN2S/c1-2-5-17-8-11(16-15)6-9-3-4-10(14)7-12(9)13/h3-4,7,11,16H,2,5-6,8,15H2,1H3. The first kappa shape index (κ1) is 15.0. The zero-order valence-corrected chi connectivity index (χ0v) is 12.3. The van der Waals surface area contributed by atoms with Gasteiger partial charge in [-0.3, -0.25) is 11.3 Å². The molecule has 0 radical (unpaired) electrons. The zero-order valence-electron chi connectivity index (χ0n) is 9.88. The molecule has 2 nitrogen and oxygen atoms in total. The Balaban J connectivity index is 2.54. The van der Waals surface area contributed by atoms with E-state index in [0.717, 1.165) is 28.0 Å². The topological polar surface area (TPSA) is 38.0 Å². The fourth-order valence-electron chi connectivity index (χ4n) is 1.49. The van der Waals surface area contributed by atoms with Crippen LogP contribution in [0.1, 0.15) is 18.9 Å². The van der Waals surface area contributed by atoms with E-state index in [1.165, 1.54) is 18.6 Å². The minimum atomic E-state index is -0.224. The van der Waals surface area contributed by atoms with E-state index >= 15 is 0 Å². The fraction of sp³-hybridized carbons (Fsp3) is 0.500. The van der Waals surface area contributed by atoms with Gasteiger partial charge >= 0.3 is 0 Å². The average molecular weight is 321 g/mol. The maximum absolute atomic E-state index is 12.9. The third-order valence-corrected chi connectivity index (χ3v) is 4.46. The van der Waals surface area contributed by atoms with Gasteiger partial charge in [0.25, 0.3) is 0 Å². The Morgan fingerprint density at radius 2 is 2.29 bits per heavy atom. The van der Waals surface area contributed by atoms with Crippen LogP contribution in [0.15, 0.2) is 22.7 Å². The van der Waals surface area contributed by atoms with Gasteiger partial charge in [-0.25, -0.2) is 4.39 Å². The van der Waals surface area contributed by atoms with E-state index in [0.29, 0.717) is 0 Å². The van der Waals surface area contributed by atoms with Crippen molar-refractivity contribution in [2.24, 2.45) is 5.84 Å². The van der Waals surface area contributed by atoms with E-state index in [9.17, 15) is 4.39 Å². The quantitative estimate of drug-likeness (QED) is 0.460. The molecule has 0 aliphatic rings. The van der Waals surface area contributed by atoms with Crippen LogP contribution in [0.2, 0.25) is 0 Å². The van der Waals surface area contributed by atoms with Gasteiger partial charge in [0, 0.05) is 16.3 Å². The van der Waals surface area contributed by atoms with Gasteiger partial charge in [-0.1, -0.05) is 28.9 Å². The number of benzene rings is 1. The van der Waals surface area contributed by atoms with Gasteiger partial charge in [0.05, 0.1) is 0 Å². The summed E-state index contributed by atoms with van der Waals surface area (Å²) in [6.45, 7) is 2.16. The molecule has 96 valence electrons. The molecule has 0 spiro atoms. The highest BCUT2D eigenvalue weighted by Gasteiger charge is 2.10. The molecule has 0 saturated carbocycles. The molecule has 3 N–H and O–H groups in total. The molecular formula is C12H18BrFN2S. The zero-order chi connectivity index (χ0) is 12.7. The summed E-state index contributed by atoms with van der Waals surface area (Å²) in [6.07, 6.45) is 1.97. The largest absolute Gasteiger partial charge is 0.271 e. The van der Waals surface area contributed by atoms with E-state index in [2.05, 4.69) is 28.3 Å². The summed E-state index contributed by atoms with van der Waals surface area (Å²) in [5.74, 6) is 7.41. The van der Waals surface area contributed by atoms with Crippen molar-refractivity contribution in [2.75, 3.05) is 11.5 Å². The molecule has 0 saturated heterocycles. The fourth-order valence-corrected chi connectivity index (χ4v) is 2.96. The van der Waals surface area contributed by atoms with Gasteiger partial charge in [-0.2, -0.15) is 11.8 Å². The minimum Gasteiger partial charge on any atom is -0.271 e. The first-order chi connectivity index (χ1) is 8.17. The summed E-state index contributed by atoms with van der Waals surface area (Å²) in [7, 11) is 0. The molecule has 0 aromatic heterocycles. The second-order valence-corrected chi connectivity index (χ2v) is 5.88. The lowest BCUT2D eigenvalue weighted by atomic mass is 10.1. The first-order valence-electron chi connectivity index (χ1n) is 5.65. The molecule has 1 atom stereocenters. The van der Waals surface area contributed by atoms with Gasteiger partial charge in [-0.05, 0) is 36.3 Å². The minimum absolute atomic E-state index is 0.216. The summed E-state index contributed by atoms with van der Waals surface area (Å²) in [6, 6.07) is 4.98. The monoisotopic (exact) mass is 320 g/mol. The van der Waals surface area contributed by atoms with Crippen LogP contribution in [0.5, 0.6) is 0 Å². The van der Waals surface area contributed by atoms with Crippen molar-refractivity contribution in [1.82, 2.24) is 5.43 Å². The van der Waals surface area contributed by atoms with Crippen LogP contribution in [-0.2, 0) is 6.42 Å². The summed E-state index contributed by atoms with van der Waals surface area (Å²) < 4.78 is 13.7. The Labute approximate surface area is 115 Å². The molecule has 1 rings (SSSR count). The molecule has 0 heterocycles. The number of hydrogen-bond donors (Lipinski definition) is 2. The molecule has 0 fully saturated rings. The molecule has 1 aromatic rings. The maximum Gasteiger partial charge on any atom is 0.124 e. The molecule has 17 heavy (non-hydrogen) atoms. The number of halogens is 2. The van der Waals surface area contributed by atoms with Crippen molar-refractivity contribution < 1.29 is 4.39 Å². The number of hydrazine groups is 1. The summed E-state index contributed by atoms with van der Waals surface area (Å²) >= 11 is 5.25. The summed E-state index contributed by atoms with van der Waals surface area (Å²) in [5.41, 5.74) is 3.89. The lowest BCUT2D eigenvalue weighted by molar-refractivity contribution is 0.572. The van der Waals surface area contributed by atoms with Crippen LogP contribution < -0.4 is 11.3 Å². The number of thioether (sulfide) groups is 1. The first-order valence-corrected chi connectivity index (χ1v) is 7.60. The van der Waals surface area contributed by atoms with Gasteiger partial charge in [0.1, 0.15) is 5.82 Å². The molecule has 1 unspecified atom stereocenters. The SMILES string of the molecule is CCCSCC(Cc1ccc(F)cc1Br)NN. The average Bonchev–Trinajstić information content (AvgIpc) is 2.31. The number of nitrogens with two attached hydrogens (primary N) is 1. The molecule has 0 bridgehead atoms. The van der Waals surface area contributed by atoms with Gasteiger partial charge < -0.3 is 0 Å². The maximum atomic E-state index is 12.9. The second-order valence-electron chi connectivity index (χ2n) is 3.88. The van der Waals surface area contributed by atoms with E-state index in [4.69, 9.17) is 5.84 Å². The Bertz CT molecular complexity index is 349. The Hall–Kier alpha value is -0.100. The third-order valence-electron chi connectivity index (χ3n) is 2.38. The Kier molecular flexibility index (Phi) is 7.11. The van der Waals surface area contributed by atoms with Crippen molar-refractivity contribution >= 4 is 27.7 Å². The molecular weight excluding hydrogens is 303 g/mol. The van der Waals surface area contributed by atoms with Crippen molar-refractivity contribution in [3.8, 4) is 0 Å². The molecule has 0 aliphatic heterocycles. The predicted molar refractivity (Wildman–Crippen MR) is 76.5 cm³/mol. The normalized spacial score (nSPS) is 12.7. The lowest BCUT2D eigenvalue weighted by Crippen LogP contribution is -2.38. The van der Waals surface area contributed by atoms with Crippen LogP contribution in [0.25, 0.3) is 0 Å². The van der Waals surface area contributed by atoms with Gasteiger partial charge in [-0.15, -0.1) is 0 Å². The molecule has 0 amide bonds. The van der Waals surface area contributed by atoms with Crippen molar-refractivity contribution in [1.29, 1.82) is 0 Å². The highest BCUT2D eigenvalue weighted by molar-refractivity contribution is 9.10. The summed E-state index contributed by atoms with van der Waals surface area (Å²) in [5, 5.41) is 0. The van der Waals surface area contributed by atoms with Crippen LogP contribution in [0.3, 0.4) is 0 Å². The number of rotatable bonds is 7. The lowest BCUT2D eigenvalue weighted by Gasteiger charge is -2.16.